The fraction of sp³-hybridized carbons (Fsp3) is 0.0714. The van der Waals surface area contributed by atoms with Crippen LogP contribution in [0.5, 0.6) is 5.75 Å². The van der Waals surface area contributed by atoms with Crippen molar-refractivity contribution < 1.29 is 22.7 Å². The summed E-state index contributed by atoms with van der Waals surface area (Å²) >= 11 is 0. The summed E-state index contributed by atoms with van der Waals surface area (Å²) in [6.07, 6.45) is -4.37. The van der Waals surface area contributed by atoms with Crippen molar-refractivity contribution in [3.05, 3.63) is 48.0 Å². The van der Waals surface area contributed by atoms with Crippen LogP contribution in [0.15, 0.2) is 46.9 Å². The van der Waals surface area contributed by atoms with Gasteiger partial charge < -0.3 is 14.8 Å². The van der Waals surface area contributed by atoms with Gasteiger partial charge >= 0.3 is 6.18 Å². The fourth-order valence-electron chi connectivity index (χ4n) is 1.84. The van der Waals surface area contributed by atoms with Crippen LogP contribution in [0, 0.1) is 0 Å². The molecule has 3 rings (SSSR count). The van der Waals surface area contributed by atoms with Gasteiger partial charge in [0.05, 0.1) is 5.56 Å². The molecule has 0 aliphatic heterocycles. The molecular weight excluding hydrogens is 285 g/mol. The van der Waals surface area contributed by atoms with E-state index in [9.17, 15) is 18.3 Å². The standard InChI is InChI=1S/C14H9F3N2O2/c15-14(16,17)8-1-3-9(4-2-8)18-13-19-11-7-10(20)5-6-12(11)21-13/h1-7,20H,(H,18,19). The molecule has 0 atom stereocenters. The topological polar surface area (TPSA) is 58.3 Å². The molecule has 21 heavy (non-hydrogen) atoms. The third-order valence-electron chi connectivity index (χ3n) is 2.83. The summed E-state index contributed by atoms with van der Waals surface area (Å²) in [6, 6.07) is 9.08. The normalized spacial score (nSPS) is 11.8. The van der Waals surface area contributed by atoms with Crippen molar-refractivity contribution in [2.75, 3.05) is 5.32 Å². The number of halogens is 3. The summed E-state index contributed by atoms with van der Waals surface area (Å²) in [5.74, 6) is 0.0527. The molecule has 0 spiro atoms. The largest absolute Gasteiger partial charge is 0.508 e. The minimum Gasteiger partial charge on any atom is -0.508 e. The van der Waals surface area contributed by atoms with E-state index in [0.717, 1.165) is 12.1 Å². The van der Waals surface area contributed by atoms with E-state index in [4.69, 9.17) is 4.42 Å². The molecule has 0 aliphatic rings. The molecule has 7 heteroatoms. The van der Waals surface area contributed by atoms with E-state index in [0.29, 0.717) is 16.8 Å². The molecule has 0 saturated heterocycles. The number of anilines is 2. The zero-order chi connectivity index (χ0) is 15.0. The van der Waals surface area contributed by atoms with Crippen LogP contribution in [0.3, 0.4) is 0 Å². The first-order valence-electron chi connectivity index (χ1n) is 5.96. The maximum absolute atomic E-state index is 12.4. The Bertz CT molecular complexity index is 779. The highest BCUT2D eigenvalue weighted by Crippen LogP contribution is 2.31. The van der Waals surface area contributed by atoms with Crippen LogP contribution in [-0.2, 0) is 6.18 Å². The van der Waals surface area contributed by atoms with Crippen LogP contribution >= 0.6 is 0 Å². The molecule has 0 aliphatic carbocycles. The first-order chi connectivity index (χ1) is 9.91. The van der Waals surface area contributed by atoms with Gasteiger partial charge in [-0.15, -0.1) is 0 Å². The van der Waals surface area contributed by atoms with Crippen molar-refractivity contribution in [1.29, 1.82) is 0 Å². The van der Waals surface area contributed by atoms with E-state index in [1.807, 2.05) is 0 Å². The van der Waals surface area contributed by atoms with Gasteiger partial charge in [-0.3, -0.25) is 0 Å². The summed E-state index contributed by atoms with van der Waals surface area (Å²) in [5, 5.41) is 12.1. The molecule has 0 unspecified atom stereocenters. The number of rotatable bonds is 2. The monoisotopic (exact) mass is 294 g/mol. The number of phenolic OH excluding ortho intramolecular Hbond substituents is 1. The van der Waals surface area contributed by atoms with Gasteiger partial charge in [0.25, 0.3) is 6.01 Å². The second kappa shape index (κ2) is 4.69. The van der Waals surface area contributed by atoms with E-state index in [1.165, 1.54) is 24.3 Å². The molecule has 1 heterocycles. The Morgan fingerprint density at radius 3 is 2.43 bits per heavy atom. The summed E-state index contributed by atoms with van der Waals surface area (Å²) in [4.78, 5) is 4.08. The quantitative estimate of drug-likeness (QED) is 0.740. The second-order valence-electron chi connectivity index (χ2n) is 4.37. The van der Waals surface area contributed by atoms with Crippen molar-refractivity contribution >= 4 is 22.8 Å². The average Bonchev–Trinajstić information content (AvgIpc) is 2.79. The van der Waals surface area contributed by atoms with Crippen molar-refractivity contribution in [1.82, 2.24) is 4.98 Å². The SMILES string of the molecule is Oc1ccc2oc(Nc3ccc(C(F)(F)F)cc3)nc2c1. The average molecular weight is 294 g/mol. The van der Waals surface area contributed by atoms with E-state index >= 15 is 0 Å². The zero-order valence-electron chi connectivity index (χ0n) is 10.5. The van der Waals surface area contributed by atoms with Gasteiger partial charge in [-0.25, -0.2) is 0 Å². The molecule has 4 nitrogen and oxygen atoms in total. The Morgan fingerprint density at radius 2 is 1.76 bits per heavy atom. The molecular formula is C14H9F3N2O2. The van der Waals surface area contributed by atoms with Crippen LogP contribution in [0.1, 0.15) is 5.56 Å². The van der Waals surface area contributed by atoms with Crippen LogP contribution in [-0.4, -0.2) is 10.1 Å². The number of nitrogens with zero attached hydrogens (tertiary/aromatic N) is 1. The third kappa shape index (κ3) is 2.76. The van der Waals surface area contributed by atoms with E-state index in [-0.39, 0.29) is 11.8 Å². The van der Waals surface area contributed by atoms with Gasteiger partial charge in [-0.05, 0) is 36.4 Å². The van der Waals surface area contributed by atoms with Crippen molar-refractivity contribution in [3.63, 3.8) is 0 Å². The number of fused-ring (bicyclic) bond motifs is 1. The number of phenols is 1. The number of alkyl halides is 3. The predicted octanol–water partition coefficient (Wildman–Crippen LogP) is 4.30. The Hall–Kier alpha value is -2.70. The van der Waals surface area contributed by atoms with Crippen LogP contribution in [0.4, 0.5) is 24.9 Å². The van der Waals surface area contributed by atoms with Gasteiger partial charge in [0.15, 0.2) is 5.58 Å². The van der Waals surface area contributed by atoms with Crippen LogP contribution in [0.2, 0.25) is 0 Å². The van der Waals surface area contributed by atoms with E-state index in [1.54, 1.807) is 6.07 Å². The Kier molecular flexibility index (Phi) is 2.97. The highest BCUT2D eigenvalue weighted by atomic mass is 19.4. The van der Waals surface area contributed by atoms with E-state index in [2.05, 4.69) is 10.3 Å². The fourth-order valence-corrected chi connectivity index (χ4v) is 1.84. The molecule has 1 aromatic heterocycles. The minimum absolute atomic E-state index is 0.0527. The smallest absolute Gasteiger partial charge is 0.416 e. The van der Waals surface area contributed by atoms with E-state index < -0.39 is 11.7 Å². The molecule has 0 fully saturated rings. The molecule has 0 saturated carbocycles. The molecule has 2 aromatic carbocycles. The molecule has 0 amide bonds. The third-order valence-corrected chi connectivity index (χ3v) is 2.83. The Morgan fingerprint density at radius 1 is 1.05 bits per heavy atom. The summed E-state index contributed by atoms with van der Waals surface area (Å²) < 4.78 is 42.7. The lowest BCUT2D eigenvalue weighted by molar-refractivity contribution is -0.137. The molecule has 108 valence electrons. The van der Waals surface area contributed by atoms with Gasteiger partial charge in [0.2, 0.25) is 0 Å². The zero-order valence-corrected chi connectivity index (χ0v) is 10.5. The molecule has 3 aromatic rings. The van der Waals surface area contributed by atoms with Crippen LogP contribution < -0.4 is 5.32 Å². The molecule has 2 N–H and O–H groups in total. The predicted molar refractivity (Wildman–Crippen MR) is 70.4 cm³/mol. The number of benzene rings is 2. The Labute approximate surface area is 116 Å². The Balaban J connectivity index is 1.84. The molecule has 0 bridgehead atoms. The first kappa shape index (κ1) is 13.3. The lowest BCUT2D eigenvalue weighted by atomic mass is 10.2. The maximum Gasteiger partial charge on any atom is 0.416 e. The van der Waals surface area contributed by atoms with Crippen LogP contribution in [0.25, 0.3) is 11.1 Å². The first-order valence-corrected chi connectivity index (χ1v) is 5.96. The summed E-state index contributed by atoms with van der Waals surface area (Å²) in [7, 11) is 0. The van der Waals surface area contributed by atoms with Gasteiger partial charge in [0, 0.05) is 11.8 Å². The van der Waals surface area contributed by atoms with Crippen molar-refractivity contribution in [3.8, 4) is 5.75 Å². The number of aromatic hydroxyl groups is 1. The lowest BCUT2D eigenvalue weighted by Crippen LogP contribution is -2.04. The number of oxazole rings is 1. The number of aromatic nitrogens is 1. The summed E-state index contributed by atoms with van der Waals surface area (Å²) in [5.41, 5.74) is 0.598. The number of hydrogen-bond acceptors (Lipinski definition) is 4. The maximum atomic E-state index is 12.4. The van der Waals surface area contributed by atoms with Crippen molar-refractivity contribution in [2.24, 2.45) is 0 Å². The van der Waals surface area contributed by atoms with Gasteiger partial charge in [0.1, 0.15) is 11.3 Å². The summed E-state index contributed by atoms with van der Waals surface area (Å²) in [6.45, 7) is 0. The highest BCUT2D eigenvalue weighted by molar-refractivity contribution is 5.76. The lowest BCUT2D eigenvalue weighted by Gasteiger charge is -2.07. The highest BCUT2D eigenvalue weighted by Gasteiger charge is 2.29. The van der Waals surface area contributed by atoms with Crippen molar-refractivity contribution in [2.45, 2.75) is 6.18 Å². The number of nitrogens with one attached hydrogen (secondary N) is 1. The minimum atomic E-state index is -4.37. The molecule has 0 radical (unpaired) electrons. The number of hydrogen-bond donors (Lipinski definition) is 2. The second-order valence-corrected chi connectivity index (χ2v) is 4.37. The van der Waals surface area contributed by atoms with Gasteiger partial charge in [-0.1, -0.05) is 0 Å². The van der Waals surface area contributed by atoms with Gasteiger partial charge in [-0.2, -0.15) is 18.2 Å².